The predicted octanol–water partition coefficient (Wildman–Crippen LogP) is 2.07. The van der Waals surface area contributed by atoms with E-state index in [0.717, 1.165) is 12.1 Å². The fourth-order valence-electron chi connectivity index (χ4n) is 1.68. The average molecular weight is 267 g/mol. The van der Waals surface area contributed by atoms with Gasteiger partial charge in [-0.15, -0.1) is 0 Å². The highest BCUT2D eigenvalue weighted by molar-refractivity contribution is 5.45. The Kier molecular flexibility index (Phi) is 8.21. The van der Waals surface area contributed by atoms with E-state index in [2.05, 4.69) is 24.4 Å². The van der Waals surface area contributed by atoms with Gasteiger partial charge in [0, 0.05) is 18.8 Å². The number of hydrogen-bond acceptors (Lipinski definition) is 4. The smallest absolute Gasteiger partial charge is 0.0945 e. The number of aliphatic hydroxyl groups excluding tert-OH is 1. The van der Waals surface area contributed by atoms with Crippen LogP contribution < -0.4 is 5.32 Å². The molecule has 19 heavy (non-hydrogen) atoms. The number of ether oxygens (including phenoxy) is 2. The summed E-state index contributed by atoms with van der Waals surface area (Å²) in [5.74, 6) is 0. The number of benzene rings is 1. The summed E-state index contributed by atoms with van der Waals surface area (Å²) in [6.07, 6.45) is 0.505. The van der Waals surface area contributed by atoms with Crippen molar-refractivity contribution >= 4 is 5.69 Å². The van der Waals surface area contributed by atoms with Crippen molar-refractivity contribution in [2.45, 2.75) is 26.4 Å². The van der Waals surface area contributed by atoms with Gasteiger partial charge in [0.05, 0.1) is 25.9 Å². The molecule has 0 aliphatic carbocycles. The summed E-state index contributed by atoms with van der Waals surface area (Å²) in [6.45, 7) is 6.69. The molecule has 0 saturated carbocycles. The number of hydrogen-bond donors (Lipinski definition) is 2. The molecule has 1 aromatic carbocycles. The SMILES string of the molecule is CCOCCOCC(O)CNc1cccc(CC)c1. The molecule has 1 rings (SSSR count). The highest BCUT2D eigenvalue weighted by Gasteiger charge is 2.04. The molecule has 0 radical (unpaired) electrons. The van der Waals surface area contributed by atoms with Crippen molar-refractivity contribution in [1.29, 1.82) is 0 Å². The molecule has 4 heteroatoms. The normalized spacial score (nSPS) is 12.4. The summed E-state index contributed by atoms with van der Waals surface area (Å²) in [5.41, 5.74) is 2.32. The van der Waals surface area contributed by atoms with Crippen LogP contribution in [-0.4, -0.2) is 44.2 Å². The van der Waals surface area contributed by atoms with Crippen molar-refractivity contribution in [2.75, 3.05) is 38.3 Å². The molecule has 0 saturated heterocycles. The van der Waals surface area contributed by atoms with Crippen LogP contribution in [0.5, 0.6) is 0 Å². The Labute approximate surface area is 115 Å². The Hall–Kier alpha value is -1.10. The third-order valence-electron chi connectivity index (χ3n) is 2.76. The van der Waals surface area contributed by atoms with Crippen molar-refractivity contribution in [1.82, 2.24) is 0 Å². The summed E-state index contributed by atoms with van der Waals surface area (Å²) in [7, 11) is 0. The summed E-state index contributed by atoms with van der Waals surface area (Å²) < 4.78 is 10.5. The van der Waals surface area contributed by atoms with Crippen LogP contribution in [-0.2, 0) is 15.9 Å². The molecule has 1 unspecified atom stereocenters. The maximum atomic E-state index is 9.77. The number of aliphatic hydroxyl groups is 1. The number of aryl methyl sites for hydroxylation is 1. The second-order valence-electron chi connectivity index (χ2n) is 4.36. The van der Waals surface area contributed by atoms with Gasteiger partial charge in [0.25, 0.3) is 0 Å². The van der Waals surface area contributed by atoms with Crippen molar-refractivity contribution in [3.8, 4) is 0 Å². The summed E-state index contributed by atoms with van der Waals surface area (Å²) in [5, 5.41) is 13.0. The van der Waals surface area contributed by atoms with Gasteiger partial charge in [-0.25, -0.2) is 0 Å². The maximum absolute atomic E-state index is 9.77. The summed E-state index contributed by atoms with van der Waals surface area (Å²) >= 11 is 0. The first-order valence-electron chi connectivity index (χ1n) is 6.92. The number of anilines is 1. The number of rotatable bonds is 10. The average Bonchev–Trinajstić information content (AvgIpc) is 2.45. The molecule has 108 valence electrons. The van der Waals surface area contributed by atoms with Gasteiger partial charge < -0.3 is 19.9 Å². The van der Waals surface area contributed by atoms with E-state index < -0.39 is 6.10 Å². The van der Waals surface area contributed by atoms with Crippen LogP contribution in [0.1, 0.15) is 19.4 Å². The molecule has 1 aromatic rings. The van der Waals surface area contributed by atoms with Gasteiger partial charge >= 0.3 is 0 Å². The largest absolute Gasteiger partial charge is 0.389 e. The first kappa shape index (κ1) is 16.0. The van der Waals surface area contributed by atoms with Gasteiger partial charge in [-0.1, -0.05) is 19.1 Å². The molecule has 1 atom stereocenters. The van der Waals surface area contributed by atoms with Gasteiger partial charge in [0.1, 0.15) is 0 Å². The third-order valence-corrected chi connectivity index (χ3v) is 2.76. The number of nitrogens with one attached hydrogen (secondary N) is 1. The quantitative estimate of drug-likeness (QED) is 0.637. The Balaban J connectivity index is 2.16. The minimum absolute atomic E-state index is 0.327. The third kappa shape index (κ3) is 7.15. The van der Waals surface area contributed by atoms with Gasteiger partial charge in [-0.2, -0.15) is 0 Å². The second kappa shape index (κ2) is 9.78. The summed E-state index contributed by atoms with van der Waals surface area (Å²) in [4.78, 5) is 0. The van der Waals surface area contributed by atoms with Crippen LogP contribution >= 0.6 is 0 Å². The maximum Gasteiger partial charge on any atom is 0.0945 e. The van der Waals surface area contributed by atoms with Gasteiger partial charge in [0.2, 0.25) is 0 Å². The minimum Gasteiger partial charge on any atom is -0.389 e. The molecule has 2 N–H and O–H groups in total. The van der Waals surface area contributed by atoms with Crippen LogP contribution in [0.3, 0.4) is 0 Å². The van der Waals surface area contributed by atoms with Crippen molar-refractivity contribution in [3.63, 3.8) is 0 Å². The Morgan fingerprint density at radius 3 is 2.74 bits per heavy atom. The highest BCUT2D eigenvalue weighted by atomic mass is 16.5. The zero-order valence-electron chi connectivity index (χ0n) is 11.9. The first-order chi connectivity index (χ1) is 9.26. The fraction of sp³-hybridized carbons (Fsp3) is 0.600. The van der Waals surface area contributed by atoms with E-state index in [4.69, 9.17) is 9.47 Å². The fourth-order valence-corrected chi connectivity index (χ4v) is 1.68. The molecule has 0 bridgehead atoms. The zero-order valence-corrected chi connectivity index (χ0v) is 11.9. The van der Waals surface area contributed by atoms with E-state index in [1.807, 2.05) is 19.1 Å². The Morgan fingerprint density at radius 2 is 2.00 bits per heavy atom. The summed E-state index contributed by atoms with van der Waals surface area (Å²) in [6, 6.07) is 8.22. The van der Waals surface area contributed by atoms with Gasteiger partial charge in [-0.05, 0) is 31.0 Å². The van der Waals surface area contributed by atoms with E-state index in [-0.39, 0.29) is 0 Å². The highest BCUT2D eigenvalue weighted by Crippen LogP contribution is 2.10. The van der Waals surface area contributed by atoms with Crippen LogP contribution in [0.2, 0.25) is 0 Å². The Bertz CT molecular complexity index is 344. The molecular weight excluding hydrogens is 242 g/mol. The standard InChI is InChI=1S/C15H25NO3/c1-3-13-6-5-7-14(10-13)16-11-15(17)12-19-9-8-18-4-2/h5-7,10,15-17H,3-4,8-9,11-12H2,1-2H3. The van der Waals surface area contributed by atoms with Gasteiger partial charge in [0.15, 0.2) is 0 Å². The molecule has 0 heterocycles. The minimum atomic E-state index is -0.507. The lowest BCUT2D eigenvalue weighted by Crippen LogP contribution is -2.25. The lowest BCUT2D eigenvalue weighted by atomic mass is 10.1. The molecule has 4 nitrogen and oxygen atoms in total. The van der Waals surface area contributed by atoms with Crippen LogP contribution in [0.4, 0.5) is 5.69 Å². The molecule has 0 aliphatic heterocycles. The van der Waals surface area contributed by atoms with E-state index in [9.17, 15) is 5.11 Å². The molecule has 0 spiro atoms. The monoisotopic (exact) mass is 267 g/mol. The van der Waals surface area contributed by atoms with Crippen LogP contribution in [0.25, 0.3) is 0 Å². The Morgan fingerprint density at radius 1 is 1.21 bits per heavy atom. The van der Waals surface area contributed by atoms with Crippen LogP contribution in [0.15, 0.2) is 24.3 Å². The lowest BCUT2D eigenvalue weighted by Gasteiger charge is -2.13. The van der Waals surface area contributed by atoms with E-state index in [0.29, 0.717) is 33.0 Å². The zero-order chi connectivity index (χ0) is 13.9. The molecule has 0 aromatic heterocycles. The van der Waals surface area contributed by atoms with E-state index in [1.54, 1.807) is 0 Å². The first-order valence-corrected chi connectivity index (χ1v) is 6.92. The molecule has 0 fully saturated rings. The van der Waals surface area contributed by atoms with Crippen molar-refractivity contribution in [2.24, 2.45) is 0 Å². The van der Waals surface area contributed by atoms with Crippen molar-refractivity contribution < 1.29 is 14.6 Å². The molecular formula is C15H25NO3. The topological polar surface area (TPSA) is 50.7 Å². The van der Waals surface area contributed by atoms with Gasteiger partial charge in [-0.3, -0.25) is 0 Å². The molecule has 0 amide bonds. The van der Waals surface area contributed by atoms with E-state index in [1.165, 1.54) is 5.56 Å². The lowest BCUT2D eigenvalue weighted by molar-refractivity contribution is 0.0103. The predicted molar refractivity (Wildman–Crippen MR) is 77.6 cm³/mol. The second-order valence-corrected chi connectivity index (χ2v) is 4.36. The van der Waals surface area contributed by atoms with Crippen LogP contribution in [0, 0.1) is 0 Å². The van der Waals surface area contributed by atoms with Crippen molar-refractivity contribution in [3.05, 3.63) is 29.8 Å². The van der Waals surface area contributed by atoms with E-state index >= 15 is 0 Å². The molecule has 0 aliphatic rings.